The molecule has 0 unspecified atom stereocenters. The average Bonchev–Trinajstić information content (AvgIpc) is 2.86. The van der Waals surface area contributed by atoms with Crippen LogP contribution in [0.25, 0.3) is 0 Å². The molecule has 2 amide bonds. The minimum Gasteiger partial charge on any atom is -0.481 e. The number of aromatic nitrogens is 2. The van der Waals surface area contributed by atoms with Gasteiger partial charge in [-0.15, -0.1) is 0 Å². The van der Waals surface area contributed by atoms with Gasteiger partial charge in [0, 0.05) is 19.3 Å². The van der Waals surface area contributed by atoms with E-state index < -0.39 is 11.9 Å². The Morgan fingerprint density at radius 1 is 1.59 bits per heavy atom. The Morgan fingerprint density at radius 3 is 2.88 bits per heavy atom. The van der Waals surface area contributed by atoms with Crippen LogP contribution in [-0.2, 0) is 4.79 Å². The Kier molecular flexibility index (Phi) is 2.99. The number of hydrogen-bond donors (Lipinski definition) is 3. The summed E-state index contributed by atoms with van der Waals surface area (Å²) in [6.07, 6.45) is 3.05. The summed E-state index contributed by atoms with van der Waals surface area (Å²) in [4.78, 5) is 24.2. The summed E-state index contributed by atoms with van der Waals surface area (Å²) in [6.45, 7) is 2.55. The van der Waals surface area contributed by atoms with Crippen molar-refractivity contribution in [2.75, 3.05) is 18.4 Å². The number of carbonyl (C=O) groups excluding carboxylic acids is 1. The van der Waals surface area contributed by atoms with Crippen LogP contribution in [0, 0.1) is 11.8 Å². The molecule has 3 N–H and O–H groups in total. The van der Waals surface area contributed by atoms with Crippen LogP contribution in [0.15, 0.2) is 12.4 Å². The molecule has 92 valence electrons. The van der Waals surface area contributed by atoms with Gasteiger partial charge in [-0.1, -0.05) is 6.92 Å². The van der Waals surface area contributed by atoms with Gasteiger partial charge in [0.2, 0.25) is 0 Å². The highest BCUT2D eigenvalue weighted by Crippen LogP contribution is 2.23. The lowest BCUT2D eigenvalue weighted by atomic mass is 9.99. The molecule has 0 bridgehead atoms. The van der Waals surface area contributed by atoms with Gasteiger partial charge in [0.25, 0.3) is 0 Å². The Hall–Kier alpha value is -2.05. The van der Waals surface area contributed by atoms with E-state index in [0.717, 1.165) is 0 Å². The summed E-state index contributed by atoms with van der Waals surface area (Å²) in [5, 5.41) is 17.9. The first kappa shape index (κ1) is 11.4. The Labute approximate surface area is 97.8 Å². The van der Waals surface area contributed by atoms with Gasteiger partial charge in [0.05, 0.1) is 17.8 Å². The van der Waals surface area contributed by atoms with Crippen molar-refractivity contribution in [3.63, 3.8) is 0 Å². The van der Waals surface area contributed by atoms with Crippen LogP contribution in [0.2, 0.25) is 0 Å². The molecule has 1 aliphatic rings. The van der Waals surface area contributed by atoms with Gasteiger partial charge in [-0.05, 0) is 5.92 Å². The molecule has 1 fully saturated rings. The van der Waals surface area contributed by atoms with Gasteiger partial charge in [0.1, 0.15) is 0 Å². The fourth-order valence-corrected chi connectivity index (χ4v) is 1.98. The van der Waals surface area contributed by atoms with Crippen molar-refractivity contribution >= 4 is 17.7 Å². The van der Waals surface area contributed by atoms with Crippen molar-refractivity contribution in [1.29, 1.82) is 0 Å². The Bertz CT molecular complexity index is 417. The van der Waals surface area contributed by atoms with Gasteiger partial charge in [-0.2, -0.15) is 5.10 Å². The monoisotopic (exact) mass is 238 g/mol. The van der Waals surface area contributed by atoms with Crippen molar-refractivity contribution in [1.82, 2.24) is 15.1 Å². The fraction of sp³-hybridized carbons (Fsp3) is 0.500. The van der Waals surface area contributed by atoms with Crippen LogP contribution in [0.4, 0.5) is 10.5 Å². The number of anilines is 1. The first-order valence-corrected chi connectivity index (χ1v) is 5.35. The number of amides is 2. The molecular formula is C10H14N4O3. The highest BCUT2D eigenvalue weighted by atomic mass is 16.4. The van der Waals surface area contributed by atoms with E-state index in [4.69, 9.17) is 5.11 Å². The molecule has 17 heavy (non-hydrogen) atoms. The van der Waals surface area contributed by atoms with Crippen LogP contribution in [0.3, 0.4) is 0 Å². The largest absolute Gasteiger partial charge is 0.481 e. The fourth-order valence-electron chi connectivity index (χ4n) is 1.98. The number of nitrogens with zero attached hydrogens (tertiary/aromatic N) is 2. The quantitative estimate of drug-likeness (QED) is 0.702. The Balaban J connectivity index is 1.96. The number of nitrogens with one attached hydrogen (secondary N) is 2. The van der Waals surface area contributed by atoms with Crippen molar-refractivity contribution in [3.8, 4) is 0 Å². The lowest BCUT2D eigenvalue weighted by Gasteiger charge is -2.15. The van der Waals surface area contributed by atoms with Gasteiger partial charge in [-0.25, -0.2) is 4.79 Å². The van der Waals surface area contributed by atoms with Crippen LogP contribution >= 0.6 is 0 Å². The zero-order chi connectivity index (χ0) is 12.4. The molecule has 1 aromatic rings. The highest BCUT2D eigenvalue weighted by Gasteiger charge is 2.36. The van der Waals surface area contributed by atoms with Crippen LogP contribution in [0.1, 0.15) is 6.92 Å². The molecule has 2 atom stereocenters. The van der Waals surface area contributed by atoms with Gasteiger partial charge < -0.3 is 15.3 Å². The first-order chi connectivity index (χ1) is 8.08. The molecule has 0 radical (unpaired) electrons. The number of carboxylic acid groups (broad SMARTS) is 1. The lowest BCUT2D eigenvalue weighted by molar-refractivity contribution is -0.142. The number of likely N-dealkylation sites (tertiary alicyclic amines) is 1. The van der Waals surface area contributed by atoms with Gasteiger partial charge in [-0.3, -0.25) is 9.89 Å². The standard InChI is InChI=1S/C10H14N4O3/c1-6-4-14(5-8(6)9(15)16)10(17)13-7-2-11-12-3-7/h2-3,6,8H,4-5H2,1H3,(H,11,12)(H,13,17)(H,15,16)/t6-,8-/m1/s1. The number of carbonyl (C=O) groups is 2. The van der Waals surface area contributed by atoms with Crippen molar-refractivity contribution in [2.24, 2.45) is 11.8 Å². The highest BCUT2D eigenvalue weighted by molar-refractivity contribution is 5.89. The molecule has 7 nitrogen and oxygen atoms in total. The summed E-state index contributed by atoms with van der Waals surface area (Å²) in [5.74, 6) is -1.36. The van der Waals surface area contributed by atoms with E-state index in [1.165, 1.54) is 11.1 Å². The Morgan fingerprint density at radius 2 is 2.35 bits per heavy atom. The maximum Gasteiger partial charge on any atom is 0.321 e. The van der Waals surface area contributed by atoms with E-state index in [0.29, 0.717) is 12.2 Å². The maximum atomic E-state index is 11.8. The predicted molar refractivity (Wildman–Crippen MR) is 59.5 cm³/mol. The molecule has 2 rings (SSSR count). The normalized spacial score (nSPS) is 23.7. The molecule has 1 aliphatic heterocycles. The van der Waals surface area contributed by atoms with Crippen molar-refractivity contribution in [2.45, 2.75) is 6.92 Å². The molecule has 7 heteroatoms. The second-order valence-corrected chi connectivity index (χ2v) is 4.24. The van der Waals surface area contributed by atoms with Crippen molar-refractivity contribution in [3.05, 3.63) is 12.4 Å². The van der Waals surface area contributed by atoms with Gasteiger partial charge >= 0.3 is 12.0 Å². The number of aromatic amines is 1. The van der Waals surface area contributed by atoms with E-state index in [2.05, 4.69) is 15.5 Å². The summed E-state index contributed by atoms with van der Waals surface area (Å²) < 4.78 is 0. The predicted octanol–water partition coefficient (Wildman–Crippen LogP) is 0.594. The van der Waals surface area contributed by atoms with Crippen LogP contribution in [-0.4, -0.2) is 45.3 Å². The molecule has 0 aliphatic carbocycles. The zero-order valence-corrected chi connectivity index (χ0v) is 9.38. The maximum absolute atomic E-state index is 11.8. The van der Waals surface area contributed by atoms with Crippen LogP contribution < -0.4 is 5.32 Å². The van der Waals surface area contributed by atoms with Crippen LogP contribution in [0.5, 0.6) is 0 Å². The number of H-pyrrole nitrogens is 1. The number of rotatable bonds is 2. The van der Waals surface area contributed by atoms with E-state index in [-0.39, 0.29) is 18.5 Å². The summed E-state index contributed by atoms with van der Waals surface area (Å²) in [6, 6.07) is -0.290. The van der Waals surface area contributed by atoms with E-state index in [1.807, 2.05) is 6.92 Å². The third-order valence-corrected chi connectivity index (χ3v) is 2.97. The summed E-state index contributed by atoms with van der Waals surface area (Å²) >= 11 is 0. The minimum atomic E-state index is -0.851. The third kappa shape index (κ3) is 2.38. The smallest absolute Gasteiger partial charge is 0.321 e. The molecular weight excluding hydrogens is 224 g/mol. The molecule has 0 saturated carbocycles. The van der Waals surface area contributed by atoms with Gasteiger partial charge in [0.15, 0.2) is 0 Å². The van der Waals surface area contributed by atoms with E-state index in [1.54, 1.807) is 6.20 Å². The first-order valence-electron chi connectivity index (χ1n) is 5.35. The molecule has 1 saturated heterocycles. The SMILES string of the molecule is C[C@@H]1CN(C(=O)Nc2cn[nH]c2)C[C@H]1C(=O)O. The summed E-state index contributed by atoms with van der Waals surface area (Å²) in [5.41, 5.74) is 0.571. The third-order valence-electron chi connectivity index (χ3n) is 2.97. The molecule has 1 aromatic heterocycles. The summed E-state index contributed by atoms with van der Waals surface area (Å²) in [7, 11) is 0. The second kappa shape index (κ2) is 4.44. The lowest BCUT2D eigenvalue weighted by Crippen LogP contribution is -2.33. The number of hydrogen-bond acceptors (Lipinski definition) is 3. The van der Waals surface area contributed by atoms with E-state index in [9.17, 15) is 9.59 Å². The number of aliphatic carboxylic acids is 1. The molecule has 0 spiro atoms. The second-order valence-electron chi connectivity index (χ2n) is 4.24. The molecule has 0 aromatic carbocycles. The molecule has 2 heterocycles. The zero-order valence-electron chi connectivity index (χ0n) is 9.38. The topological polar surface area (TPSA) is 98.3 Å². The minimum absolute atomic E-state index is 0.0254. The number of carboxylic acids is 1. The van der Waals surface area contributed by atoms with E-state index >= 15 is 0 Å². The number of urea groups is 1. The average molecular weight is 238 g/mol. The van der Waals surface area contributed by atoms with Crippen molar-refractivity contribution < 1.29 is 14.7 Å².